The quantitative estimate of drug-likeness (QED) is 0.784. The summed E-state index contributed by atoms with van der Waals surface area (Å²) >= 11 is 3.31. The highest BCUT2D eigenvalue weighted by Gasteiger charge is 2.21. The van der Waals surface area contributed by atoms with Crippen LogP contribution < -0.4 is 9.62 Å². The molecule has 0 spiro atoms. The van der Waals surface area contributed by atoms with Crippen LogP contribution in [-0.4, -0.2) is 45.6 Å². The first-order chi connectivity index (χ1) is 12.4. The van der Waals surface area contributed by atoms with Crippen LogP contribution in [-0.2, 0) is 14.8 Å². The van der Waals surface area contributed by atoms with Crippen molar-refractivity contribution in [3.05, 3.63) is 52.1 Å². The second-order valence-electron chi connectivity index (χ2n) is 5.85. The highest BCUT2D eigenvalue weighted by Crippen LogP contribution is 2.18. The molecule has 1 aliphatic rings. The maximum atomic E-state index is 12.5. The third-order valence-electron chi connectivity index (χ3n) is 4.03. The molecule has 1 aliphatic heterocycles. The molecular weight excluding hydrogens is 422 g/mol. The lowest BCUT2D eigenvalue weighted by Crippen LogP contribution is -2.36. The SMILES string of the molecule is Cc1cc(Br)ccc1C(=O)NS(=O)(=O)c1ccc(N2CCOCC2)nc1. The molecule has 1 aromatic heterocycles. The van der Waals surface area contributed by atoms with Crippen LogP contribution in [0.2, 0.25) is 0 Å². The second kappa shape index (κ2) is 7.73. The Hall–Kier alpha value is -1.97. The van der Waals surface area contributed by atoms with E-state index in [4.69, 9.17) is 4.74 Å². The predicted molar refractivity (Wildman–Crippen MR) is 101 cm³/mol. The Bertz CT molecular complexity index is 910. The number of morpholine rings is 1. The zero-order chi connectivity index (χ0) is 18.7. The van der Waals surface area contributed by atoms with Crippen molar-refractivity contribution in [3.8, 4) is 0 Å². The van der Waals surface area contributed by atoms with E-state index >= 15 is 0 Å². The van der Waals surface area contributed by atoms with Crippen molar-refractivity contribution in [1.29, 1.82) is 0 Å². The van der Waals surface area contributed by atoms with Gasteiger partial charge in [-0.05, 0) is 42.8 Å². The predicted octanol–water partition coefficient (Wildman–Crippen LogP) is 2.11. The number of anilines is 1. The van der Waals surface area contributed by atoms with Crippen molar-refractivity contribution in [2.24, 2.45) is 0 Å². The minimum absolute atomic E-state index is 0.0578. The van der Waals surface area contributed by atoms with Crippen LogP contribution in [0.15, 0.2) is 45.9 Å². The van der Waals surface area contributed by atoms with Crippen LogP contribution in [0.4, 0.5) is 5.82 Å². The lowest BCUT2D eigenvalue weighted by Gasteiger charge is -2.27. The molecular formula is C17H18BrN3O4S. The number of hydrogen-bond acceptors (Lipinski definition) is 6. The lowest BCUT2D eigenvalue weighted by molar-refractivity contribution is 0.0980. The van der Waals surface area contributed by atoms with Gasteiger partial charge in [0.25, 0.3) is 15.9 Å². The van der Waals surface area contributed by atoms with Crippen LogP contribution in [0.1, 0.15) is 15.9 Å². The minimum Gasteiger partial charge on any atom is -0.378 e. The van der Waals surface area contributed by atoms with E-state index in [0.717, 1.165) is 4.47 Å². The number of carbonyl (C=O) groups excluding carboxylic acids is 1. The van der Waals surface area contributed by atoms with Gasteiger partial charge in [-0.3, -0.25) is 4.79 Å². The van der Waals surface area contributed by atoms with E-state index in [1.807, 2.05) is 4.90 Å². The molecule has 2 heterocycles. The van der Waals surface area contributed by atoms with Gasteiger partial charge in [0.1, 0.15) is 10.7 Å². The van der Waals surface area contributed by atoms with Crippen molar-refractivity contribution in [1.82, 2.24) is 9.71 Å². The van der Waals surface area contributed by atoms with Gasteiger partial charge in [-0.2, -0.15) is 0 Å². The number of nitrogens with zero attached hydrogens (tertiary/aromatic N) is 2. The van der Waals surface area contributed by atoms with E-state index in [1.165, 1.54) is 12.3 Å². The van der Waals surface area contributed by atoms with Crippen molar-refractivity contribution in [2.45, 2.75) is 11.8 Å². The fraction of sp³-hybridized carbons (Fsp3) is 0.294. The summed E-state index contributed by atoms with van der Waals surface area (Å²) in [5.74, 6) is 0.00888. The number of aryl methyl sites for hydroxylation is 1. The summed E-state index contributed by atoms with van der Waals surface area (Å²) in [6, 6.07) is 8.09. The standard InChI is InChI=1S/C17H18BrN3O4S/c1-12-10-13(18)2-4-15(12)17(22)20-26(23,24)14-3-5-16(19-11-14)21-6-8-25-9-7-21/h2-5,10-11H,6-9H2,1H3,(H,20,22). The molecule has 26 heavy (non-hydrogen) atoms. The first-order valence-corrected chi connectivity index (χ1v) is 10.3. The molecule has 138 valence electrons. The van der Waals surface area contributed by atoms with Crippen molar-refractivity contribution < 1.29 is 17.9 Å². The van der Waals surface area contributed by atoms with Crippen LogP contribution in [0.5, 0.6) is 0 Å². The third-order valence-corrected chi connectivity index (χ3v) is 5.84. The Morgan fingerprint density at radius 3 is 2.58 bits per heavy atom. The highest BCUT2D eigenvalue weighted by atomic mass is 79.9. The van der Waals surface area contributed by atoms with Crippen LogP contribution >= 0.6 is 15.9 Å². The second-order valence-corrected chi connectivity index (χ2v) is 8.44. The summed E-state index contributed by atoms with van der Waals surface area (Å²) in [4.78, 5) is 18.5. The Morgan fingerprint density at radius 2 is 1.96 bits per heavy atom. The summed E-state index contributed by atoms with van der Waals surface area (Å²) in [7, 11) is -4.00. The maximum absolute atomic E-state index is 12.5. The summed E-state index contributed by atoms with van der Waals surface area (Å²) < 4.78 is 33.1. The van der Waals surface area contributed by atoms with Gasteiger partial charge < -0.3 is 9.64 Å². The molecule has 1 aromatic carbocycles. The van der Waals surface area contributed by atoms with Gasteiger partial charge in [-0.1, -0.05) is 15.9 Å². The van der Waals surface area contributed by atoms with Gasteiger partial charge >= 0.3 is 0 Å². The summed E-state index contributed by atoms with van der Waals surface area (Å²) in [6.45, 7) is 4.39. The molecule has 3 rings (SSSR count). The normalized spacial score (nSPS) is 14.9. The molecule has 1 amide bonds. The molecule has 9 heteroatoms. The topological polar surface area (TPSA) is 88.6 Å². The molecule has 0 bridgehead atoms. The van der Waals surface area contributed by atoms with Gasteiger partial charge in [0.05, 0.1) is 13.2 Å². The summed E-state index contributed by atoms with van der Waals surface area (Å²) in [5.41, 5.74) is 0.975. The number of rotatable bonds is 4. The number of aromatic nitrogens is 1. The molecule has 1 saturated heterocycles. The maximum Gasteiger partial charge on any atom is 0.265 e. The Morgan fingerprint density at radius 1 is 1.23 bits per heavy atom. The van der Waals surface area contributed by atoms with E-state index in [2.05, 4.69) is 25.6 Å². The zero-order valence-corrected chi connectivity index (χ0v) is 16.5. The van der Waals surface area contributed by atoms with E-state index in [9.17, 15) is 13.2 Å². The summed E-state index contributed by atoms with van der Waals surface area (Å²) in [5, 5.41) is 0. The fourth-order valence-corrected chi connectivity index (χ4v) is 4.01. The number of pyridine rings is 1. The average Bonchev–Trinajstić information content (AvgIpc) is 2.62. The van der Waals surface area contributed by atoms with E-state index < -0.39 is 15.9 Å². The molecule has 0 saturated carbocycles. The number of amides is 1. The Balaban J connectivity index is 1.76. The number of halogens is 1. The highest BCUT2D eigenvalue weighted by molar-refractivity contribution is 9.10. The first-order valence-electron chi connectivity index (χ1n) is 7.99. The minimum atomic E-state index is -4.00. The lowest BCUT2D eigenvalue weighted by atomic mass is 10.1. The van der Waals surface area contributed by atoms with Crippen LogP contribution in [0.3, 0.4) is 0 Å². The van der Waals surface area contributed by atoms with E-state index in [0.29, 0.717) is 43.2 Å². The molecule has 0 aliphatic carbocycles. The smallest absolute Gasteiger partial charge is 0.265 e. The molecule has 0 unspecified atom stereocenters. The number of carbonyl (C=O) groups is 1. The average molecular weight is 440 g/mol. The molecule has 0 radical (unpaired) electrons. The van der Waals surface area contributed by atoms with Gasteiger partial charge in [-0.25, -0.2) is 18.1 Å². The number of hydrogen-bond donors (Lipinski definition) is 1. The number of benzene rings is 1. The Labute approximate surface area is 160 Å². The van der Waals surface area contributed by atoms with Gasteiger partial charge in [-0.15, -0.1) is 0 Å². The molecule has 0 atom stereocenters. The third kappa shape index (κ3) is 4.22. The zero-order valence-electron chi connectivity index (χ0n) is 14.1. The molecule has 2 aromatic rings. The number of ether oxygens (including phenoxy) is 1. The number of nitrogens with one attached hydrogen (secondary N) is 1. The van der Waals surface area contributed by atoms with Crippen molar-refractivity contribution in [3.63, 3.8) is 0 Å². The van der Waals surface area contributed by atoms with Gasteiger partial charge in [0.15, 0.2) is 0 Å². The molecule has 1 fully saturated rings. The van der Waals surface area contributed by atoms with Crippen molar-refractivity contribution in [2.75, 3.05) is 31.2 Å². The largest absolute Gasteiger partial charge is 0.378 e. The van der Waals surface area contributed by atoms with E-state index in [-0.39, 0.29) is 4.90 Å². The monoisotopic (exact) mass is 439 g/mol. The van der Waals surface area contributed by atoms with Gasteiger partial charge in [0.2, 0.25) is 0 Å². The molecule has 7 nitrogen and oxygen atoms in total. The van der Waals surface area contributed by atoms with Crippen LogP contribution in [0.25, 0.3) is 0 Å². The number of sulfonamides is 1. The fourth-order valence-electron chi connectivity index (χ4n) is 2.63. The first kappa shape index (κ1) is 18.8. The Kier molecular flexibility index (Phi) is 5.59. The van der Waals surface area contributed by atoms with Gasteiger partial charge in [0, 0.05) is 29.3 Å². The van der Waals surface area contributed by atoms with Crippen molar-refractivity contribution >= 4 is 37.7 Å². The summed E-state index contributed by atoms with van der Waals surface area (Å²) in [6.07, 6.45) is 1.26. The molecule has 1 N–H and O–H groups in total. The van der Waals surface area contributed by atoms with Crippen LogP contribution in [0, 0.1) is 6.92 Å². The van der Waals surface area contributed by atoms with E-state index in [1.54, 1.807) is 31.2 Å².